The molecule has 3 rings (SSSR count). The summed E-state index contributed by atoms with van der Waals surface area (Å²) in [6.45, 7) is 1.47. The Balaban J connectivity index is 1.87. The highest BCUT2D eigenvalue weighted by molar-refractivity contribution is 7.80. The number of fused-ring (bicyclic) bond motifs is 1. The smallest absolute Gasteiger partial charge is 0.255 e. The number of thiocarbonyl (C=S) groups is 1. The molecule has 0 aliphatic carbocycles. The van der Waals surface area contributed by atoms with E-state index in [0.717, 1.165) is 15.6 Å². The average molecular weight is 306 g/mol. The van der Waals surface area contributed by atoms with Crippen molar-refractivity contribution in [2.24, 2.45) is 5.73 Å². The van der Waals surface area contributed by atoms with Crippen LogP contribution in [0.5, 0.6) is 0 Å². The molecule has 1 fully saturated rings. The normalized spacial score (nSPS) is 19.2. The summed E-state index contributed by atoms with van der Waals surface area (Å²) in [5.74, 6) is 0.0204. The number of benzene rings is 1. The van der Waals surface area contributed by atoms with Crippen molar-refractivity contribution in [2.75, 3.05) is 19.7 Å². The highest BCUT2D eigenvalue weighted by atomic mass is 32.1. The molecule has 2 heterocycles. The zero-order valence-corrected chi connectivity index (χ0v) is 12.4. The Morgan fingerprint density at radius 1 is 1.45 bits per heavy atom. The molecule has 20 heavy (non-hydrogen) atoms. The summed E-state index contributed by atoms with van der Waals surface area (Å²) in [5.41, 5.74) is 6.35. The van der Waals surface area contributed by atoms with Crippen LogP contribution < -0.4 is 5.73 Å². The third-order valence-electron chi connectivity index (χ3n) is 3.38. The van der Waals surface area contributed by atoms with Gasteiger partial charge in [0.05, 0.1) is 18.7 Å². The first-order valence-electron chi connectivity index (χ1n) is 6.33. The van der Waals surface area contributed by atoms with Crippen molar-refractivity contribution in [1.82, 2.24) is 4.90 Å². The molecule has 0 spiro atoms. The second-order valence-electron chi connectivity index (χ2n) is 4.66. The lowest BCUT2D eigenvalue weighted by atomic mass is 10.1. The van der Waals surface area contributed by atoms with Crippen LogP contribution in [0.1, 0.15) is 10.4 Å². The molecule has 0 radical (unpaired) electrons. The number of thiophene rings is 1. The molecular weight excluding hydrogens is 292 g/mol. The number of rotatable bonds is 2. The molecule has 1 aliphatic heterocycles. The summed E-state index contributed by atoms with van der Waals surface area (Å²) in [6.07, 6.45) is -0.340. The van der Waals surface area contributed by atoms with Gasteiger partial charge in [0.25, 0.3) is 5.91 Å². The van der Waals surface area contributed by atoms with Crippen molar-refractivity contribution in [2.45, 2.75) is 6.10 Å². The Hall–Kier alpha value is -1.50. The lowest BCUT2D eigenvalue weighted by molar-refractivity contribution is 0.00891. The van der Waals surface area contributed by atoms with E-state index in [9.17, 15) is 4.79 Å². The maximum atomic E-state index is 12.6. The van der Waals surface area contributed by atoms with E-state index >= 15 is 0 Å². The summed E-state index contributed by atoms with van der Waals surface area (Å²) in [6, 6.07) is 7.92. The van der Waals surface area contributed by atoms with Crippen molar-refractivity contribution in [3.63, 3.8) is 0 Å². The number of nitrogens with two attached hydrogens (primary N) is 1. The fraction of sp³-hybridized carbons (Fsp3) is 0.286. The Bertz CT molecular complexity index is 668. The molecule has 1 saturated heterocycles. The Morgan fingerprint density at radius 2 is 2.25 bits per heavy atom. The van der Waals surface area contributed by atoms with E-state index in [1.54, 1.807) is 16.2 Å². The minimum atomic E-state index is -0.340. The van der Waals surface area contributed by atoms with Crippen LogP contribution in [0.2, 0.25) is 0 Å². The van der Waals surface area contributed by atoms with Crippen molar-refractivity contribution < 1.29 is 9.53 Å². The van der Waals surface area contributed by atoms with E-state index in [4.69, 9.17) is 22.7 Å². The van der Waals surface area contributed by atoms with Crippen LogP contribution in [-0.2, 0) is 4.74 Å². The Labute approximate surface area is 126 Å². The van der Waals surface area contributed by atoms with Gasteiger partial charge < -0.3 is 15.4 Å². The van der Waals surface area contributed by atoms with Crippen LogP contribution in [0.4, 0.5) is 0 Å². The second kappa shape index (κ2) is 5.47. The second-order valence-corrected chi connectivity index (χ2v) is 6.04. The summed E-state index contributed by atoms with van der Waals surface area (Å²) in [7, 11) is 0. The Morgan fingerprint density at radius 3 is 3.05 bits per heavy atom. The van der Waals surface area contributed by atoms with Gasteiger partial charge >= 0.3 is 0 Å². The van der Waals surface area contributed by atoms with Crippen LogP contribution in [0, 0.1) is 0 Å². The third kappa shape index (κ3) is 2.42. The van der Waals surface area contributed by atoms with E-state index in [1.165, 1.54) is 0 Å². The van der Waals surface area contributed by atoms with Crippen molar-refractivity contribution in [1.29, 1.82) is 0 Å². The van der Waals surface area contributed by atoms with Crippen molar-refractivity contribution in [3.8, 4) is 0 Å². The number of nitrogens with zero attached hydrogens (tertiary/aromatic N) is 1. The number of ether oxygens (including phenoxy) is 1. The molecule has 0 bridgehead atoms. The molecule has 1 aromatic carbocycles. The van der Waals surface area contributed by atoms with E-state index in [2.05, 4.69) is 0 Å². The van der Waals surface area contributed by atoms with E-state index in [1.807, 2.05) is 29.6 Å². The van der Waals surface area contributed by atoms with Gasteiger partial charge in [0.1, 0.15) is 11.1 Å². The Kier molecular flexibility index (Phi) is 3.69. The van der Waals surface area contributed by atoms with Crippen LogP contribution >= 0.6 is 23.6 Å². The fourth-order valence-electron chi connectivity index (χ4n) is 2.32. The van der Waals surface area contributed by atoms with E-state index < -0.39 is 0 Å². The predicted molar refractivity (Wildman–Crippen MR) is 84.3 cm³/mol. The minimum Gasteiger partial charge on any atom is -0.391 e. The number of morpholine rings is 1. The summed E-state index contributed by atoms with van der Waals surface area (Å²) in [4.78, 5) is 14.7. The van der Waals surface area contributed by atoms with Gasteiger partial charge in [-0.1, -0.05) is 30.4 Å². The summed E-state index contributed by atoms with van der Waals surface area (Å²) < 4.78 is 6.59. The van der Waals surface area contributed by atoms with Crippen LogP contribution in [-0.4, -0.2) is 41.6 Å². The molecule has 1 aliphatic rings. The van der Waals surface area contributed by atoms with Gasteiger partial charge in [-0.05, 0) is 6.07 Å². The molecule has 1 unspecified atom stereocenters. The van der Waals surface area contributed by atoms with Gasteiger partial charge in [0, 0.05) is 22.0 Å². The molecule has 0 saturated carbocycles. The van der Waals surface area contributed by atoms with Gasteiger partial charge in [-0.3, -0.25) is 4.79 Å². The first kappa shape index (κ1) is 13.5. The number of amides is 1. The summed E-state index contributed by atoms with van der Waals surface area (Å²) in [5, 5.41) is 2.92. The molecule has 104 valence electrons. The molecular formula is C14H14N2O2S2. The van der Waals surface area contributed by atoms with Gasteiger partial charge in [-0.25, -0.2) is 0 Å². The van der Waals surface area contributed by atoms with Crippen LogP contribution in [0.15, 0.2) is 29.6 Å². The molecule has 4 nitrogen and oxygen atoms in total. The standard InChI is InChI=1S/C14H14N2O2S2/c15-13(19)11-7-16(5-6-18-11)14(17)10-8-20-12-4-2-1-3-9(10)12/h1-4,8,11H,5-7H2,(H2,15,19). The lowest BCUT2D eigenvalue weighted by Gasteiger charge is -2.32. The quantitative estimate of drug-likeness (QED) is 0.863. The van der Waals surface area contributed by atoms with E-state index in [0.29, 0.717) is 24.7 Å². The van der Waals surface area contributed by atoms with Crippen LogP contribution in [0.25, 0.3) is 10.1 Å². The maximum Gasteiger partial charge on any atom is 0.255 e. The number of carbonyl (C=O) groups excluding carboxylic acids is 1. The zero-order chi connectivity index (χ0) is 14.1. The first-order valence-corrected chi connectivity index (χ1v) is 7.62. The third-order valence-corrected chi connectivity index (χ3v) is 4.61. The monoisotopic (exact) mass is 306 g/mol. The highest BCUT2D eigenvalue weighted by Crippen LogP contribution is 2.27. The predicted octanol–water partition coefficient (Wildman–Crippen LogP) is 2.03. The van der Waals surface area contributed by atoms with Crippen molar-refractivity contribution >= 4 is 44.5 Å². The molecule has 1 aromatic heterocycles. The SMILES string of the molecule is NC(=S)C1CN(C(=O)c2csc3ccccc23)CCO1. The van der Waals surface area contributed by atoms with Crippen LogP contribution in [0.3, 0.4) is 0 Å². The first-order chi connectivity index (χ1) is 9.66. The molecule has 6 heteroatoms. The number of hydrogen-bond donors (Lipinski definition) is 1. The topological polar surface area (TPSA) is 55.6 Å². The summed E-state index contributed by atoms with van der Waals surface area (Å²) >= 11 is 6.53. The molecule has 1 atom stereocenters. The minimum absolute atomic E-state index is 0.0204. The lowest BCUT2D eigenvalue weighted by Crippen LogP contribution is -2.49. The van der Waals surface area contributed by atoms with Crippen molar-refractivity contribution in [3.05, 3.63) is 35.2 Å². The fourth-order valence-corrected chi connectivity index (χ4v) is 3.40. The largest absolute Gasteiger partial charge is 0.391 e. The maximum absolute atomic E-state index is 12.6. The average Bonchev–Trinajstić information content (AvgIpc) is 2.90. The van der Waals surface area contributed by atoms with Gasteiger partial charge in [0.15, 0.2) is 0 Å². The number of carbonyl (C=O) groups is 1. The van der Waals surface area contributed by atoms with Gasteiger partial charge in [-0.2, -0.15) is 0 Å². The molecule has 1 amide bonds. The highest BCUT2D eigenvalue weighted by Gasteiger charge is 2.27. The zero-order valence-electron chi connectivity index (χ0n) is 10.7. The van der Waals surface area contributed by atoms with Gasteiger partial charge in [-0.15, -0.1) is 11.3 Å². The molecule has 2 N–H and O–H groups in total. The van der Waals surface area contributed by atoms with E-state index in [-0.39, 0.29) is 12.0 Å². The number of hydrogen-bond acceptors (Lipinski definition) is 4. The molecule has 2 aromatic rings. The van der Waals surface area contributed by atoms with Gasteiger partial charge in [0.2, 0.25) is 0 Å².